The van der Waals surface area contributed by atoms with Crippen molar-refractivity contribution in [3.63, 3.8) is 0 Å². The van der Waals surface area contributed by atoms with Crippen LogP contribution in [0.15, 0.2) is 36.4 Å². The van der Waals surface area contributed by atoms with Crippen molar-refractivity contribution >= 4 is 11.9 Å². The molecule has 31 heavy (non-hydrogen) atoms. The molecule has 0 spiro atoms. The van der Waals surface area contributed by atoms with Crippen molar-refractivity contribution in [2.75, 3.05) is 13.7 Å². The number of rotatable bonds is 8. The van der Waals surface area contributed by atoms with Crippen LogP contribution in [0.4, 0.5) is 8.78 Å². The van der Waals surface area contributed by atoms with E-state index in [-0.39, 0.29) is 12.5 Å². The Hall–Kier alpha value is -2.72. The Morgan fingerprint density at radius 2 is 2.03 bits per heavy atom. The van der Waals surface area contributed by atoms with Gasteiger partial charge in [0.05, 0.1) is 24.8 Å². The molecule has 1 aliphatic rings. The summed E-state index contributed by atoms with van der Waals surface area (Å²) < 4.78 is 32.8. The predicted molar refractivity (Wildman–Crippen MR) is 114 cm³/mol. The number of amides is 1. The maximum Gasteiger partial charge on any atom is 0.337 e. The minimum atomic E-state index is -3.42. The van der Waals surface area contributed by atoms with Gasteiger partial charge < -0.3 is 14.7 Å². The molecule has 0 bridgehead atoms. The average Bonchev–Trinajstić information content (AvgIpc) is 2.98. The second-order valence-electron chi connectivity index (χ2n) is 7.68. The summed E-state index contributed by atoms with van der Waals surface area (Å²) in [6.45, 7) is 3.88. The lowest BCUT2D eigenvalue weighted by Crippen LogP contribution is -2.37. The Balaban J connectivity index is 2.04. The molecule has 1 heterocycles. The molecule has 1 amide bonds. The van der Waals surface area contributed by atoms with Crippen LogP contribution in [0.3, 0.4) is 0 Å². The Morgan fingerprint density at radius 1 is 1.35 bits per heavy atom. The van der Waals surface area contributed by atoms with Crippen LogP contribution in [0.5, 0.6) is 0 Å². The molecule has 0 unspecified atom stereocenters. The molecule has 1 N–H and O–H groups in total. The number of benzene rings is 1. The van der Waals surface area contributed by atoms with E-state index in [1.165, 1.54) is 19.3 Å². The molecule has 2 rings (SSSR count). The van der Waals surface area contributed by atoms with E-state index in [2.05, 4.69) is 16.6 Å². The van der Waals surface area contributed by atoms with Gasteiger partial charge in [-0.1, -0.05) is 38.1 Å². The topological polar surface area (TPSA) is 66.8 Å². The van der Waals surface area contributed by atoms with E-state index in [1.807, 2.05) is 13.8 Å². The molecule has 7 heteroatoms. The normalized spacial score (nSPS) is 19.7. The van der Waals surface area contributed by atoms with Crippen LogP contribution in [0, 0.1) is 17.8 Å². The third-order valence-corrected chi connectivity index (χ3v) is 5.30. The number of ether oxygens (including phenoxy) is 1. The fourth-order valence-corrected chi connectivity index (χ4v) is 3.35. The number of hydrogen-bond acceptors (Lipinski definition) is 4. The third kappa shape index (κ3) is 6.63. The van der Waals surface area contributed by atoms with Crippen molar-refractivity contribution < 1.29 is 28.2 Å². The number of aliphatic hydroxyl groups excluding tert-OH is 1. The molecule has 1 aromatic rings. The lowest BCUT2D eigenvalue weighted by Gasteiger charge is -2.22. The maximum absolute atomic E-state index is 14.1. The smallest absolute Gasteiger partial charge is 0.337 e. The summed E-state index contributed by atoms with van der Waals surface area (Å²) >= 11 is 0. The molecular weight excluding hydrogens is 404 g/mol. The number of carbonyl (C=O) groups is 2. The second-order valence-corrected chi connectivity index (χ2v) is 7.68. The van der Waals surface area contributed by atoms with Crippen molar-refractivity contribution in [3.05, 3.63) is 47.5 Å². The Labute approximate surface area is 182 Å². The van der Waals surface area contributed by atoms with Gasteiger partial charge in [-0.05, 0) is 30.0 Å². The van der Waals surface area contributed by atoms with E-state index in [0.717, 1.165) is 16.9 Å². The Kier molecular flexibility index (Phi) is 8.76. The largest absolute Gasteiger partial charge is 0.465 e. The molecule has 0 aromatic heterocycles. The van der Waals surface area contributed by atoms with Crippen molar-refractivity contribution in [1.29, 1.82) is 0 Å². The van der Waals surface area contributed by atoms with Crippen molar-refractivity contribution in [3.8, 4) is 11.8 Å². The molecular formula is C24H29F2NO4. The van der Waals surface area contributed by atoms with E-state index >= 15 is 0 Å². The molecule has 0 saturated carbocycles. The standard InChI is InChI=1S/C24H29F2NO4/c1-4-5-6-7-17(2)21(28)13-12-20-16-24(25,26)23(30)27(20)15-14-18-8-10-19(11-9-18)22(29)31-3/h8-13,17,20-21,28H,4,7,14-16H2,1-3H3/t17-,20-,21-/m0/s1. The fourth-order valence-electron chi connectivity index (χ4n) is 3.35. The zero-order valence-corrected chi connectivity index (χ0v) is 18.1. The molecule has 0 aliphatic carbocycles. The summed E-state index contributed by atoms with van der Waals surface area (Å²) in [6, 6.07) is 5.81. The number of likely N-dealkylation sites (tertiary alicyclic amines) is 1. The highest BCUT2D eigenvalue weighted by atomic mass is 19.3. The van der Waals surface area contributed by atoms with Crippen LogP contribution in [0.1, 0.15) is 49.0 Å². The predicted octanol–water partition coefficient (Wildman–Crippen LogP) is 3.61. The fraction of sp³-hybridized carbons (Fsp3) is 0.500. The third-order valence-electron chi connectivity index (χ3n) is 5.30. The summed E-state index contributed by atoms with van der Waals surface area (Å²) in [5.74, 6) is 0.675. The summed E-state index contributed by atoms with van der Waals surface area (Å²) in [7, 11) is 1.29. The molecule has 0 radical (unpaired) electrons. The van der Waals surface area contributed by atoms with Gasteiger partial charge in [-0.2, -0.15) is 8.78 Å². The van der Waals surface area contributed by atoms with Crippen LogP contribution in [-0.2, 0) is 16.0 Å². The second kappa shape index (κ2) is 11.1. The minimum absolute atomic E-state index is 0.106. The zero-order chi connectivity index (χ0) is 23.0. The van der Waals surface area contributed by atoms with Crippen molar-refractivity contribution in [2.45, 2.75) is 57.6 Å². The van der Waals surface area contributed by atoms with Gasteiger partial charge in [0.15, 0.2) is 0 Å². The Bertz CT molecular complexity index is 855. The lowest BCUT2D eigenvalue weighted by molar-refractivity contribution is -0.148. The van der Waals surface area contributed by atoms with Gasteiger partial charge in [-0.15, -0.1) is 11.8 Å². The zero-order valence-electron chi connectivity index (χ0n) is 18.1. The summed E-state index contributed by atoms with van der Waals surface area (Å²) in [6.07, 6.45) is 3.13. The summed E-state index contributed by atoms with van der Waals surface area (Å²) in [5, 5.41) is 10.3. The molecule has 5 nitrogen and oxygen atoms in total. The number of esters is 1. The molecule has 3 atom stereocenters. The summed E-state index contributed by atoms with van der Waals surface area (Å²) in [5.41, 5.74) is 1.20. The van der Waals surface area contributed by atoms with E-state index in [4.69, 9.17) is 0 Å². The highest BCUT2D eigenvalue weighted by molar-refractivity contribution is 5.89. The van der Waals surface area contributed by atoms with Crippen LogP contribution in [0.25, 0.3) is 0 Å². The van der Waals surface area contributed by atoms with E-state index in [0.29, 0.717) is 18.4 Å². The van der Waals surface area contributed by atoms with Gasteiger partial charge in [0.25, 0.3) is 5.91 Å². The van der Waals surface area contributed by atoms with Crippen molar-refractivity contribution in [2.24, 2.45) is 5.92 Å². The van der Waals surface area contributed by atoms with E-state index < -0.39 is 36.4 Å². The van der Waals surface area contributed by atoms with Gasteiger partial charge in [-0.3, -0.25) is 4.79 Å². The van der Waals surface area contributed by atoms with Crippen LogP contribution >= 0.6 is 0 Å². The van der Waals surface area contributed by atoms with Crippen LogP contribution in [-0.4, -0.2) is 53.6 Å². The summed E-state index contributed by atoms with van der Waals surface area (Å²) in [4.78, 5) is 24.8. The van der Waals surface area contributed by atoms with Gasteiger partial charge in [-0.25, -0.2) is 4.79 Å². The average molecular weight is 433 g/mol. The van der Waals surface area contributed by atoms with E-state index in [9.17, 15) is 23.5 Å². The highest BCUT2D eigenvalue weighted by Crippen LogP contribution is 2.34. The highest BCUT2D eigenvalue weighted by Gasteiger charge is 2.52. The number of halogens is 2. The molecule has 168 valence electrons. The minimum Gasteiger partial charge on any atom is -0.465 e. The van der Waals surface area contributed by atoms with Gasteiger partial charge in [0.2, 0.25) is 0 Å². The van der Waals surface area contributed by atoms with Crippen LogP contribution in [0.2, 0.25) is 0 Å². The monoisotopic (exact) mass is 433 g/mol. The number of methoxy groups -OCH3 is 1. The molecule has 1 saturated heterocycles. The number of alkyl halides is 2. The quantitative estimate of drug-likeness (QED) is 0.386. The van der Waals surface area contributed by atoms with Gasteiger partial charge in [0, 0.05) is 25.8 Å². The van der Waals surface area contributed by atoms with Gasteiger partial charge >= 0.3 is 11.9 Å². The number of carbonyl (C=O) groups excluding carboxylic acids is 2. The first-order valence-electron chi connectivity index (χ1n) is 10.4. The Morgan fingerprint density at radius 3 is 2.65 bits per heavy atom. The molecule has 1 aromatic carbocycles. The first-order valence-corrected chi connectivity index (χ1v) is 10.4. The molecule has 1 aliphatic heterocycles. The van der Waals surface area contributed by atoms with Gasteiger partial charge in [0.1, 0.15) is 0 Å². The number of nitrogens with zero attached hydrogens (tertiary/aromatic N) is 1. The number of aliphatic hydroxyl groups is 1. The lowest BCUT2D eigenvalue weighted by atomic mass is 9.99. The van der Waals surface area contributed by atoms with Crippen LogP contribution < -0.4 is 0 Å². The number of hydrogen-bond donors (Lipinski definition) is 1. The first kappa shape index (κ1) is 24.5. The SMILES string of the molecule is CCC#CC[C@H](C)[C@@H](O)C=C[C@H]1CC(F)(F)C(=O)N1CCc1ccc(C(=O)OC)cc1. The first-order chi connectivity index (χ1) is 14.7. The van der Waals surface area contributed by atoms with Crippen molar-refractivity contribution in [1.82, 2.24) is 4.90 Å². The van der Waals surface area contributed by atoms with E-state index in [1.54, 1.807) is 24.3 Å². The maximum atomic E-state index is 14.1. The molecule has 1 fully saturated rings.